The Hall–Kier alpha value is -3.95. The maximum Gasteiger partial charge on any atom is 0.417 e. The molecule has 0 saturated carbocycles. The van der Waals surface area contributed by atoms with Gasteiger partial charge in [-0.05, 0) is 29.8 Å². The Balaban J connectivity index is 1.72. The second kappa shape index (κ2) is 9.46. The Morgan fingerprint density at radius 2 is 1.91 bits per heavy atom. The minimum atomic E-state index is -4.48. The maximum absolute atomic E-state index is 12.6. The van der Waals surface area contributed by atoms with Crippen molar-refractivity contribution in [2.45, 2.75) is 12.8 Å². The van der Waals surface area contributed by atoms with Gasteiger partial charge < -0.3 is 19.3 Å². The molecule has 2 heterocycles. The van der Waals surface area contributed by atoms with E-state index in [1.165, 1.54) is 23.9 Å². The van der Waals surface area contributed by atoms with Crippen LogP contribution in [-0.2, 0) is 12.8 Å². The number of benzene rings is 1. The summed E-state index contributed by atoms with van der Waals surface area (Å²) in [7, 11) is 1.44. The smallest absolute Gasteiger partial charge is 0.417 e. The number of aromatic nitrogens is 2. The molecule has 0 bridgehead atoms. The van der Waals surface area contributed by atoms with Gasteiger partial charge in [-0.3, -0.25) is 9.36 Å². The summed E-state index contributed by atoms with van der Waals surface area (Å²) in [5, 5.41) is 9.17. The minimum absolute atomic E-state index is 0.00747. The van der Waals surface area contributed by atoms with Crippen LogP contribution in [0.1, 0.15) is 11.1 Å². The molecule has 0 radical (unpaired) electrons. The molecule has 0 unspecified atom stereocenters. The molecule has 168 valence electrons. The highest BCUT2D eigenvalue weighted by Crippen LogP contribution is 2.30. The van der Waals surface area contributed by atoms with Gasteiger partial charge in [0.15, 0.2) is 11.5 Å². The first-order valence-corrected chi connectivity index (χ1v) is 9.23. The molecular formula is C22H19F3N2O5. The summed E-state index contributed by atoms with van der Waals surface area (Å²) in [5.41, 5.74) is -0.202. The van der Waals surface area contributed by atoms with Crippen LogP contribution in [0.3, 0.4) is 0 Å². The molecule has 3 rings (SSSR count). The number of methoxy groups -OCH3 is 1. The van der Waals surface area contributed by atoms with Crippen LogP contribution < -0.4 is 19.8 Å². The molecule has 0 atom stereocenters. The first-order chi connectivity index (χ1) is 15.2. The molecule has 10 heteroatoms. The van der Waals surface area contributed by atoms with Gasteiger partial charge in [0.05, 0.1) is 18.4 Å². The van der Waals surface area contributed by atoms with Gasteiger partial charge in [0.2, 0.25) is 5.88 Å². The topological polar surface area (TPSA) is 82.8 Å². The molecular weight excluding hydrogens is 429 g/mol. The first-order valence-electron chi connectivity index (χ1n) is 9.23. The van der Waals surface area contributed by atoms with Crippen molar-refractivity contribution in [3.8, 4) is 23.1 Å². The molecule has 1 aromatic carbocycles. The number of halogens is 3. The molecule has 0 aliphatic rings. The van der Waals surface area contributed by atoms with Crippen LogP contribution in [0.5, 0.6) is 17.4 Å². The third kappa shape index (κ3) is 5.60. The Bertz CT molecular complexity index is 1160. The van der Waals surface area contributed by atoms with Gasteiger partial charge in [-0.1, -0.05) is 6.58 Å². The molecule has 0 saturated heterocycles. The van der Waals surface area contributed by atoms with Crippen molar-refractivity contribution in [3.63, 3.8) is 0 Å². The summed E-state index contributed by atoms with van der Waals surface area (Å²) in [6, 6.07) is 9.80. The largest absolute Gasteiger partial charge is 0.509 e. The van der Waals surface area contributed by atoms with E-state index in [1.807, 2.05) is 0 Å². The van der Waals surface area contributed by atoms with E-state index >= 15 is 0 Å². The zero-order chi connectivity index (χ0) is 23.3. The lowest BCUT2D eigenvalue weighted by molar-refractivity contribution is -0.137. The molecule has 3 aromatic rings. The van der Waals surface area contributed by atoms with Crippen LogP contribution in [0, 0.1) is 0 Å². The van der Waals surface area contributed by atoms with E-state index < -0.39 is 11.7 Å². The van der Waals surface area contributed by atoms with Gasteiger partial charge >= 0.3 is 6.18 Å². The average Bonchev–Trinajstić information content (AvgIpc) is 2.76. The van der Waals surface area contributed by atoms with Crippen molar-refractivity contribution in [2.24, 2.45) is 0 Å². The van der Waals surface area contributed by atoms with Gasteiger partial charge in [0, 0.05) is 30.6 Å². The predicted molar refractivity (Wildman–Crippen MR) is 109 cm³/mol. The molecule has 0 aliphatic heterocycles. The molecule has 0 amide bonds. The Kier molecular flexibility index (Phi) is 6.72. The van der Waals surface area contributed by atoms with E-state index in [0.29, 0.717) is 28.9 Å². The fourth-order valence-corrected chi connectivity index (χ4v) is 2.70. The molecule has 7 nitrogen and oxygen atoms in total. The zero-order valence-corrected chi connectivity index (χ0v) is 16.9. The van der Waals surface area contributed by atoms with Gasteiger partial charge in [-0.2, -0.15) is 13.2 Å². The fourth-order valence-electron chi connectivity index (χ4n) is 2.70. The van der Waals surface area contributed by atoms with Crippen LogP contribution >= 0.6 is 0 Å². The van der Waals surface area contributed by atoms with Crippen LogP contribution in [0.2, 0.25) is 0 Å². The van der Waals surface area contributed by atoms with E-state index in [9.17, 15) is 18.0 Å². The number of aliphatic hydroxyl groups excluding tert-OH is 1. The lowest BCUT2D eigenvalue weighted by atomic mass is 10.2. The minimum Gasteiger partial charge on any atom is -0.509 e. The van der Waals surface area contributed by atoms with Crippen molar-refractivity contribution < 1.29 is 32.5 Å². The first kappa shape index (κ1) is 22.7. The normalized spacial score (nSPS) is 11.1. The standard InChI is InChI=1S/C22H19F3N2O5/c1-14(28)12-31-18-5-4-17(10-19(18)30-2)27-8-7-15(9-21(27)29)13-32-20-6-3-16(11-26-20)22(23,24)25/h3-11,28H,1,12-13H2,2H3. The highest BCUT2D eigenvalue weighted by molar-refractivity contribution is 5.49. The van der Waals surface area contributed by atoms with Crippen molar-refractivity contribution in [2.75, 3.05) is 13.7 Å². The third-order valence-corrected chi connectivity index (χ3v) is 4.25. The van der Waals surface area contributed by atoms with Crippen LogP contribution in [-0.4, -0.2) is 28.4 Å². The van der Waals surface area contributed by atoms with Crippen molar-refractivity contribution in [1.82, 2.24) is 9.55 Å². The number of hydrogen-bond acceptors (Lipinski definition) is 6. The number of alkyl halides is 3. The summed E-state index contributed by atoms with van der Waals surface area (Å²) in [4.78, 5) is 16.2. The van der Waals surface area contributed by atoms with Crippen molar-refractivity contribution in [3.05, 3.63) is 88.7 Å². The predicted octanol–water partition coefficient (Wildman–Crippen LogP) is 4.29. The second-order valence-corrected chi connectivity index (χ2v) is 6.60. The number of ether oxygens (including phenoxy) is 3. The van der Waals surface area contributed by atoms with Crippen LogP contribution in [0.15, 0.2) is 72.0 Å². The van der Waals surface area contributed by atoms with Gasteiger partial charge in [0.25, 0.3) is 5.56 Å². The number of nitrogens with zero attached hydrogens (tertiary/aromatic N) is 2. The number of aliphatic hydroxyl groups is 1. The maximum atomic E-state index is 12.6. The second-order valence-electron chi connectivity index (χ2n) is 6.60. The van der Waals surface area contributed by atoms with Crippen molar-refractivity contribution >= 4 is 0 Å². The summed E-state index contributed by atoms with van der Waals surface area (Å²) >= 11 is 0. The number of rotatable bonds is 8. The highest BCUT2D eigenvalue weighted by atomic mass is 19.4. The average molecular weight is 448 g/mol. The summed E-state index contributed by atoms with van der Waals surface area (Å²) in [6.07, 6.45) is -2.26. The number of pyridine rings is 2. The van der Waals surface area contributed by atoms with Gasteiger partial charge in [-0.25, -0.2) is 4.98 Å². The molecule has 32 heavy (non-hydrogen) atoms. The summed E-state index contributed by atoms with van der Waals surface area (Å²) in [6.45, 7) is 3.20. The van der Waals surface area contributed by atoms with E-state index in [2.05, 4.69) is 11.6 Å². The quantitative estimate of drug-likeness (QED) is 0.518. The summed E-state index contributed by atoms with van der Waals surface area (Å²) in [5.74, 6) is 0.592. The van der Waals surface area contributed by atoms with Crippen molar-refractivity contribution in [1.29, 1.82) is 0 Å². The molecule has 0 aliphatic carbocycles. The Morgan fingerprint density at radius 1 is 1.12 bits per heavy atom. The zero-order valence-electron chi connectivity index (χ0n) is 16.9. The van der Waals surface area contributed by atoms with Gasteiger partial charge in [-0.15, -0.1) is 0 Å². The van der Waals surface area contributed by atoms with Gasteiger partial charge in [0.1, 0.15) is 19.0 Å². The molecule has 0 fully saturated rings. The fraction of sp³-hybridized carbons (Fsp3) is 0.182. The van der Waals surface area contributed by atoms with E-state index in [4.69, 9.17) is 19.3 Å². The van der Waals surface area contributed by atoms with E-state index in [0.717, 1.165) is 12.1 Å². The Morgan fingerprint density at radius 3 is 2.50 bits per heavy atom. The van der Waals surface area contributed by atoms with Crippen LogP contribution in [0.25, 0.3) is 5.69 Å². The Labute approximate surface area is 180 Å². The molecule has 1 N–H and O–H groups in total. The highest BCUT2D eigenvalue weighted by Gasteiger charge is 2.30. The lowest BCUT2D eigenvalue weighted by Gasteiger charge is -2.13. The SMILES string of the molecule is C=C(O)COc1ccc(-n2ccc(COc3ccc(C(F)(F)F)cn3)cc2=O)cc1OC. The monoisotopic (exact) mass is 448 g/mol. The van der Waals surface area contributed by atoms with E-state index in [1.54, 1.807) is 24.3 Å². The van der Waals surface area contributed by atoms with Crippen LogP contribution in [0.4, 0.5) is 13.2 Å². The number of hydrogen-bond donors (Lipinski definition) is 1. The lowest BCUT2D eigenvalue weighted by Crippen LogP contribution is -2.18. The summed E-state index contributed by atoms with van der Waals surface area (Å²) < 4.78 is 55.2. The van der Waals surface area contributed by atoms with E-state index in [-0.39, 0.29) is 30.4 Å². The third-order valence-electron chi connectivity index (χ3n) is 4.25. The molecule has 0 spiro atoms. The molecule has 2 aromatic heterocycles.